The largest absolute Gasteiger partial charge is 0.314 e. The van der Waals surface area contributed by atoms with E-state index in [-0.39, 0.29) is 5.41 Å². The van der Waals surface area contributed by atoms with Gasteiger partial charge in [0.15, 0.2) is 0 Å². The molecule has 1 aromatic carbocycles. The van der Waals surface area contributed by atoms with E-state index >= 15 is 0 Å². The quantitative estimate of drug-likeness (QED) is 0.864. The Morgan fingerprint density at radius 1 is 1.28 bits per heavy atom. The van der Waals surface area contributed by atoms with E-state index < -0.39 is 11.6 Å². The van der Waals surface area contributed by atoms with Crippen LogP contribution in [0.4, 0.5) is 8.78 Å². The van der Waals surface area contributed by atoms with Crippen LogP contribution in [0.15, 0.2) is 18.2 Å². The Morgan fingerprint density at radius 2 is 1.89 bits per heavy atom. The molecule has 0 amide bonds. The minimum absolute atomic E-state index is 0.104. The second-order valence-electron chi connectivity index (χ2n) is 5.79. The molecule has 0 radical (unpaired) electrons. The van der Waals surface area contributed by atoms with Crippen molar-refractivity contribution in [3.05, 3.63) is 35.4 Å². The van der Waals surface area contributed by atoms with E-state index in [0.29, 0.717) is 12.0 Å². The van der Waals surface area contributed by atoms with Crippen molar-refractivity contribution in [1.82, 2.24) is 5.32 Å². The lowest BCUT2D eigenvalue weighted by Gasteiger charge is -2.49. The molecule has 0 spiro atoms. The molecule has 0 aromatic heterocycles. The second-order valence-corrected chi connectivity index (χ2v) is 5.79. The summed E-state index contributed by atoms with van der Waals surface area (Å²) in [5.74, 6) is -0.494. The molecule has 2 atom stereocenters. The van der Waals surface area contributed by atoms with Gasteiger partial charge in [0.1, 0.15) is 11.6 Å². The molecule has 0 bridgehead atoms. The smallest absolute Gasteiger partial charge is 0.126 e. The zero-order valence-corrected chi connectivity index (χ0v) is 11.3. The molecule has 2 unspecified atom stereocenters. The Kier molecular flexibility index (Phi) is 3.71. The van der Waals surface area contributed by atoms with Crippen molar-refractivity contribution in [2.24, 2.45) is 5.92 Å². The van der Waals surface area contributed by atoms with Crippen molar-refractivity contribution >= 4 is 0 Å². The number of halogens is 2. The topological polar surface area (TPSA) is 12.0 Å². The zero-order valence-electron chi connectivity index (χ0n) is 11.3. The van der Waals surface area contributed by atoms with Gasteiger partial charge in [-0.15, -0.1) is 0 Å². The third-order valence-corrected chi connectivity index (χ3v) is 4.23. The maximum atomic E-state index is 13.4. The Bertz CT molecular complexity index is 410. The van der Waals surface area contributed by atoms with Crippen LogP contribution in [-0.4, -0.2) is 12.6 Å². The summed E-state index contributed by atoms with van der Waals surface area (Å²) >= 11 is 0. The number of hydrogen-bond donors (Lipinski definition) is 1. The van der Waals surface area contributed by atoms with Gasteiger partial charge in [-0.2, -0.15) is 0 Å². The molecule has 3 heteroatoms. The van der Waals surface area contributed by atoms with E-state index in [1.54, 1.807) is 0 Å². The maximum absolute atomic E-state index is 13.4. The second kappa shape index (κ2) is 4.96. The molecule has 1 fully saturated rings. The number of benzene rings is 1. The first-order chi connectivity index (χ1) is 8.44. The van der Waals surface area contributed by atoms with Gasteiger partial charge in [0, 0.05) is 24.1 Å². The minimum atomic E-state index is -0.479. The van der Waals surface area contributed by atoms with Crippen LogP contribution in [-0.2, 0) is 5.41 Å². The van der Waals surface area contributed by atoms with Gasteiger partial charge in [-0.25, -0.2) is 8.78 Å². The van der Waals surface area contributed by atoms with E-state index in [9.17, 15) is 8.78 Å². The highest BCUT2D eigenvalue weighted by atomic mass is 19.1. The van der Waals surface area contributed by atoms with Gasteiger partial charge < -0.3 is 5.32 Å². The number of nitrogens with one attached hydrogen (secondary N) is 1. The first-order valence-electron chi connectivity index (χ1n) is 6.64. The molecule has 0 saturated heterocycles. The Hall–Kier alpha value is -0.960. The van der Waals surface area contributed by atoms with Crippen molar-refractivity contribution in [1.29, 1.82) is 0 Å². The van der Waals surface area contributed by atoms with E-state index in [4.69, 9.17) is 0 Å². The lowest BCUT2D eigenvalue weighted by Crippen LogP contribution is -2.51. The van der Waals surface area contributed by atoms with E-state index in [1.165, 1.54) is 12.1 Å². The molecule has 0 aliphatic heterocycles. The fourth-order valence-electron chi connectivity index (χ4n) is 2.80. The molecule has 1 aliphatic carbocycles. The fourth-order valence-corrected chi connectivity index (χ4v) is 2.80. The highest BCUT2D eigenvalue weighted by molar-refractivity contribution is 5.31. The monoisotopic (exact) mass is 253 g/mol. The molecule has 2 rings (SSSR count). The van der Waals surface area contributed by atoms with Crippen molar-refractivity contribution in [3.63, 3.8) is 0 Å². The summed E-state index contributed by atoms with van der Waals surface area (Å²) in [4.78, 5) is 0. The average molecular weight is 253 g/mol. The summed E-state index contributed by atoms with van der Waals surface area (Å²) in [7, 11) is 0. The Labute approximate surface area is 108 Å². The molecule has 1 N–H and O–H groups in total. The number of rotatable bonds is 4. The van der Waals surface area contributed by atoms with Gasteiger partial charge in [-0.1, -0.05) is 20.8 Å². The molecule has 0 heterocycles. The lowest BCUT2D eigenvalue weighted by atomic mass is 9.57. The van der Waals surface area contributed by atoms with Crippen molar-refractivity contribution in [3.8, 4) is 0 Å². The predicted octanol–water partition coefficient (Wildman–Crippen LogP) is 3.63. The van der Waals surface area contributed by atoms with Crippen LogP contribution in [0.3, 0.4) is 0 Å². The van der Waals surface area contributed by atoms with Crippen molar-refractivity contribution in [2.75, 3.05) is 6.54 Å². The Balaban J connectivity index is 2.29. The SMILES string of the molecule is CC(C)NCC1(c2cc(F)cc(F)c2)CCC1C. The molecule has 100 valence electrons. The molecular weight excluding hydrogens is 232 g/mol. The van der Waals surface area contributed by atoms with E-state index in [1.807, 2.05) is 0 Å². The standard InChI is InChI=1S/C15H21F2N/c1-10(2)18-9-15(5-4-11(15)3)12-6-13(16)8-14(17)7-12/h6-8,10-11,18H,4-5,9H2,1-3H3. The highest BCUT2D eigenvalue weighted by Crippen LogP contribution is 2.48. The highest BCUT2D eigenvalue weighted by Gasteiger charge is 2.45. The van der Waals surface area contributed by atoms with Gasteiger partial charge in [-0.3, -0.25) is 0 Å². The third-order valence-electron chi connectivity index (χ3n) is 4.23. The van der Waals surface area contributed by atoms with Gasteiger partial charge in [0.2, 0.25) is 0 Å². The molecule has 1 aliphatic rings. The Morgan fingerprint density at radius 3 is 2.28 bits per heavy atom. The molecule has 1 nitrogen and oxygen atoms in total. The predicted molar refractivity (Wildman–Crippen MR) is 69.6 cm³/mol. The van der Waals surface area contributed by atoms with Crippen LogP contribution in [0.25, 0.3) is 0 Å². The molecule has 1 aromatic rings. The average Bonchev–Trinajstić information content (AvgIpc) is 2.26. The first-order valence-corrected chi connectivity index (χ1v) is 6.64. The lowest BCUT2D eigenvalue weighted by molar-refractivity contribution is 0.130. The summed E-state index contributed by atoms with van der Waals surface area (Å²) in [6.45, 7) is 7.12. The molecule has 1 saturated carbocycles. The molecule has 18 heavy (non-hydrogen) atoms. The maximum Gasteiger partial charge on any atom is 0.126 e. The van der Waals surface area contributed by atoms with Gasteiger partial charge >= 0.3 is 0 Å². The first kappa shape index (κ1) is 13.5. The van der Waals surface area contributed by atoms with Gasteiger partial charge in [0.05, 0.1) is 0 Å². The number of hydrogen-bond acceptors (Lipinski definition) is 1. The van der Waals surface area contributed by atoms with Crippen LogP contribution in [0.5, 0.6) is 0 Å². The van der Waals surface area contributed by atoms with Crippen LogP contribution in [0, 0.1) is 17.6 Å². The van der Waals surface area contributed by atoms with Crippen molar-refractivity contribution < 1.29 is 8.78 Å². The fraction of sp³-hybridized carbons (Fsp3) is 0.600. The third kappa shape index (κ3) is 2.41. The zero-order chi connectivity index (χ0) is 13.3. The van der Waals surface area contributed by atoms with Crippen LogP contribution < -0.4 is 5.32 Å². The van der Waals surface area contributed by atoms with Crippen molar-refractivity contribution in [2.45, 2.75) is 45.1 Å². The van der Waals surface area contributed by atoms with Crippen LogP contribution in [0.1, 0.15) is 39.2 Å². The minimum Gasteiger partial charge on any atom is -0.314 e. The summed E-state index contributed by atoms with van der Waals surface area (Å²) < 4.78 is 26.8. The summed E-state index contributed by atoms with van der Waals surface area (Å²) in [5.41, 5.74) is 0.694. The normalized spacial score (nSPS) is 27.3. The van der Waals surface area contributed by atoms with Gasteiger partial charge in [-0.05, 0) is 36.5 Å². The summed E-state index contributed by atoms with van der Waals surface area (Å²) in [5, 5.41) is 3.41. The van der Waals surface area contributed by atoms with Crippen LogP contribution in [0.2, 0.25) is 0 Å². The molecular formula is C15H21F2N. The van der Waals surface area contributed by atoms with Crippen LogP contribution >= 0.6 is 0 Å². The van der Waals surface area contributed by atoms with E-state index in [2.05, 4.69) is 26.1 Å². The van der Waals surface area contributed by atoms with Gasteiger partial charge in [0.25, 0.3) is 0 Å². The summed E-state index contributed by atoms with van der Waals surface area (Å²) in [6.07, 6.45) is 2.12. The summed E-state index contributed by atoms with van der Waals surface area (Å²) in [6, 6.07) is 4.30. The van der Waals surface area contributed by atoms with E-state index in [0.717, 1.165) is 31.0 Å².